The molecule has 0 bridgehead atoms. The average molecular weight is 251 g/mol. The van der Waals surface area contributed by atoms with E-state index in [0.717, 1.165) is 5.69 Å². The van der Waals surface area contributed by atoms with Gasteiger partial charge in [-0.15, -0.1) is 0 Å². The first kappa shape index (κ1) is 14.4. The predicted octanol–water partition coefficient (Wildman–Crippen LogP) is 0.753. The van der Waals surface area contributed by atoms with Crippen molar-refractivity contribution in [2.45, 2.75) is 26.3 Å². The molecular formula is C13H21N3O2. The molecule has 1 heterocycles. The normalized spacial score (nSPS) is 11.7. The molecule has 0 aliphatic carbocycles. The Morgan fingerprint density at radius 1 is 1.44 bits per heavy atom. The number of rotatable bonds is 4. The largest absolute Gasteiger partial charge is 0.364 e. The van der Waals surface area contributed by atoms with Crippen LogP contribution in [0.3, 0.4) is 0 Å². The van der Waals surface area contributed by atoms with Crippen LogP contribution in [-0.4, -0.2) is 42.0 Å². The molecule has 0 saturated carbocycles. The van der Waals surface area contributed by atoms with Gasteiger partial charge in [0.1, 0.15) is 5.56 Å². The van der Waals surface area contributed by atoms with E-state index in [9.17, 15) is 9.59 Å². The molecule has 1 amide bonds. The van der Waals surface area contributed by atoms with Crippen molar-refractivity contribution in [1.29, 1.82) is 0 Å². The Morgan fingerprint density at radius 2 is 2.06 bits per heavy atom. The molecule has 5 heteroatoms. The van der Waals surface area contributed by atoms with Gasteiger partial charge in [0.05, 0.1) is 0 Å². The smallest absolute Gasteiger partial charge is 0.256 e. The Hall–Kier alpha value is -1.62. The first-order valence-corrected chi connectivity index (χ1v) is 5.89. The summed E-state index contributed by atoms with van der Waals surface area (Å²) in [5, 5.41) is 2.78. The van der Waals surface area contributed by atoms with Crippen LogP contribution in [0.5, 0.6) is 0 Å². The minimum Gasteiger partial charge on any atom is -0.364 e. The molecule has 0 aromatic carbocycles. The van der Waals surface area contributed by atoms with Crippen molar-refractivity contribution in [2.24, 2.45) is 0 Å². The molecule has 1 aromatic rings. The summed E-state index contributed by atoms with van der Waals surface area (Å²) in [6.07, 6.45) is 1.45. The summed E-state index contributed by atoms with van der Waals surface area (Å²) >= 11 is 0. The van der Waals surface area contributed by atoms with Crippen LogP contribution in [0.2, 0.25) is 0 Å². The van der Waals surface area contributed by atoms with Gasteiger partial charge in [0.15, 0.2) is 5.43 Å². The average Bonchev–Trinajstić information content (AvgIpc) is 2.25. The number of H-pyrrole nitrogens is 1. The number of likely N-dealkylation sites (N-methyl/N-ethyl adjacent to an activating group) is 1. The standard InChI is InChI=1S/C13H21N3O2/c1-9-6-11(17)10(7-14-9)12(18)15-8-13(2,3)16(4)5/h6-7H,8H2,1-5H3,(H,14,17)(H,15,18). The first-order chi connectivity index (χ1) is 8.24. The van der Waals surface area contributed by atoms with E-state index < -0.39 is 0 Å². The van der Waals surface area contributed by atoms with Gasteiger partial charge in [0.2, 0.25) is 0 Å². The molecule has 1 aromatic heterocycles. The van der Waals surface area contributed by atoms with Crippen LogP contribution in [0, 0.1) is 6.92 Å². The van der Waals surface area contributed by atoms with E-state index >= 15 is 0 Å². The highest BCUT2D eigenvalue weighted by atomic mass is 16.2. The number of hydrogen-bond donors (Lipinski definition) is 2. The van der Waals surface area contributed by atoms with Crippen LogP contribution in [-0.2, 0) is 0 Å². The van der Waals surface area contributed by atoms with Crippen LogP contribution in [0.4, 0.5) is 0 Å². The third-order valence-electron chi connectivity index (χ3n) is 3.19. The zero-order chi connectivity index (χ0) is 13.9. The van der Waals surface area contributed by atoms with Gasteiger partial charge in [0, 0.05) is 30.0 Å². The van der Waals surface area contributed by atoms with Gasteiger partial charge >= 0.3 is 0 Å². The molecule has 0 fully saturated rings. The predicted molar refractivity (Wildman–Crippen MR) is 71.9 cm³/mol. The van der Waals surface area contributed by atoms with E-state index in [2.05, 4.69) is 10.3 Å². The van der Waals surface area contributed by atoms with E-state index in [1.807, 2.05) is 32.8 Å². The number of carbonyl (C=O) groups is 1. The second-order valence-corrected chi connectivity index (χ2v) is 5.28. The van der Waals surface area contributed by atoms with E-state index in [-0.39, 0.29) is 22.4 Å². The number of nitrogens with one attached hydrogen (secondary N) is 2. The number of amides is 1. The maximum absolute atomic E-state index is 11.9. The lowest BCUT2D eigenvalue weighted by molar-refractivity contribution is 0.0918. The van der Waals surface area contributed by atoms with Crippen molar-refractivity contribution in [2.75, 3.05) is 20.6 Å². The van der Waals surface area contributed by atoms with Gasteiger partial charge in [-0.1, -0.05) is 0 Å². The van der Waals surface area contributed by atoms with Gasteiger partial charge in [-0.05, 0) is 34.9 Å². The molecule has 0 aliphatic heterocycles. The Morgan fingerprint density at radius 3 is 2.56 bits per heavy atom. The van der Waals surface area contributed by atoms with E-state index in [1.54, 1.807) is 6.92 Å². The van der Waals surface area contributed by atoms with Crippen molar-refractivity contribution < 1.29 is 4.79 Å². The molecule has 0 saturated heterocycles. The van der Waals surface area contributed by atoms with Gasteiger partial charge < -0.3 is 15.2 Å². The van der Waals surface area contributed by atoms with Crippen LogP contribution in [0.25, 0.3) is 0 Å². The summed E-state index contributed by atoms with van der Waals surface area (Å²) in [6.45, 7) is 6.30. The molecule has 5 nitrogen and oxygen atoms in total. The second-order valence-electron chi connectivity index (χ2n) is 5.28. The number of aromatic amines is 1. The van der Waals surface area contributed by atoms with Gasteiger partial charge in [-0.3, -0.25) is 9.59 Å². The highest BCUT2D eigenvalue weighted by Crippen LogP contribution is 2.07. The van der Waals surface area contributed by atoms with Crippen molar-refractivity contribution in [3.63, 3.8) is 0 Å². The lowest BCUT2D eigenvalue weighted by Gasteiger charge is -2.32. The van der Waals surface area contributed by atoms with E-state index in [1.165, 1.54) is 12.3 Å². The summed E-state index contributed by atoms with van der Waals surface area (Å²) in [5.74, 6) is -0.342. The molecular weight excluding hydrogens is 230 g/mol. The monoisotopic (exact) mass is 251 g/mol. The third-order valence-corrected chi connectivity index (χ3v) is 3.19. The Kier molecular flexibility index (Phi) is 4.29. The lowest BCUT2D eigenvalue weighted by Crippen LogP contribution is -2.48. The summed E-state index contributed by atoms with van der Waals surface area (Å²) in [7, 11) is 3.90. The van der Waals surface area contributed by atoms with Crippen molar-refractivity contribution in [3.05, 3.63) is 33.7 Å². The number of nitrogens with zero attached hydrogens (tertiary/aromatic N) is 1. The topological polar surface area (TPSA) is 65.2 Å². The summed E-state index contributed by atoms with van der Waals surface area (Å²) in [5.41, 5.74) is 0.472. The fourth-order valence-corrected chi connectivity index (χ4v) is 1.30. The van der Waals surface area contributed by atoms with Crippen LogP contribution in [0.1, 0.15) is 29.9 Å². The van der Waals surface area contributed by atoms with Gasteiger partial charge in [-0.2, -0.15) is 0 Å². The third kappa shape index (κ3) is 3.43. The molecule has 0 spiro atoms. The minimum absolute atomic E-state index is 0.148. The summed E-state index contributed by atoms with van der Waals surface area (Å²) in [6, 6.07) is 1.42. The maximum atomic E-state index is 11.9. The SMILES string of the molecule is Cc1cc(=O)c(C(=O)NCC(C)(C)N(C)C)c[nH]1. The van der Waals surface area contributed by atoms with E-state index in [0.29, 0.717) is 6.54 Å². The van der Waals surface area contributed by atoms with Crippen LogP contribution >= 0.6 is 0 Å². The number of hydrogen-bond acceptors (Lipinski definition) is 3. The van der Waals surface area contributed by atoms with Gasteiger partial charge in [-0.25, -0.2) is 0 Å². The molecule has 0 radical (unpaired) electrons. The van der Waals surface area contributed by atoms with Crippen LogP contribution < -0.4 is 10.7 Å². The number of carbonyl (C=O) groups excluding carboxylic acids is 1. The molecule has 0 unspecified atom stereocenters. The van der Waals surface area contributed by atoms with E-state index in [4.69, 9.17) is 0 Å². The molecule has 0 atom stereocenters. The summed E-state index contributed by atoms with van der Waals surface area (Å²) in [4.78, 5) is 28.4. The maximum Gasteiger partial charge on any atom is 0.256 e. The molecule has 18 heavy (non-hydrogen) atoms. The Bertz CT molecular complexity index is 489. The molecule has 2 N–H and O–H groups in total. The van der Waals surface area contributed by atoms with Gasteiger partial charge in [0.25, 0.3) is 5.91 Å². The number of aryl methyl sites for hydroxylation is 1. The fourth-order valence-electron chi connectivity index (χ4n) is 1.30. The lowest BCUT2D eigenvalue weighted by atomic mass is 10.0. The zero-order valence-corrected chi connectivity index (χ0v) is 11.6. The fraction of sp³-hybridized carbons (Fsp3) is 0.538. The summed E-state index contributed by atoms with van der Waals surface area (Å²) < 4.78 is 0. The number of aromatic nitrogens is 1. The highest BCUT2D eigenvalue weighted by Gasteiger charge is 2.22. The zero-order valence-electron chi connectivity index (χ0n) is 11.6. The van der Waals surface area contributed by atoms with Crippen molar-refractivity contribution in [1.82, 2.24) is 15.2 Å². The van der Waals surface area contributed by atoms with Crippen LogP contribution in [0.15, 0.2) is 17.1 Å². The highest BCUT2D eigenvalue weighted by molar-refractivity contribution is 5.93. The Labute approximate surface area is 107 Å². The molecule has 0 aliphatic rings. The Balaban J connectivity index is 2.75. The quantitative estimate of drug-likeness (QED) is 0.830. The van der Waals surface area contributed by atoms with Crippen molar-refractivity contribution in [3.8, 4) is 0 Å². The molecule has 100 valence electrons. The second kappa shape index (κ2) is 5.35. The van der Waals surface area contributed by atoms with Crippen molar-refractivity contribution >= 4 is 5.91 Å². The number of pyridine rings is 1. The minimum atomic E-state index is -0.342. The first-order valence-electron chi connectivity index (χ1n) is 5.89. The molecule has 1 rings (SSSR count).